The summed E-state index contributed by atoms with van der Waals surface area (Å²) in [6.45, 7) is 4.25. The molecule has 0 saturated carbocycles. The van der Waals surface area contributed by atoms with Crippen LogP contribution in [0.1, 0.15) is 12.0 Å². The maximum atomic E-state index is 12.8. The second-order valence-electron chi connectivity index (χ2n) is 7.65. The van der Waals surface area contributed by atoms with Gasteiger partial charge in [-0.05, 0) is 31.2 Å². The fourth-order valence-corrected chi connectivity index (χ4v) is 3.68. The predicted octanol–water partition coefficient (Wildman–Crippen LogP) is 2.66. The van der Waals surface area contributed by atoms with Crippen molar-refractivity contribution in [3.63, 3.8) is 0 Å². The van der Waals surface area contributed by atoms with Crippen LogP contribution in [0.25, 0.3) is 0 Å². The van der Waals surface area contributed by atoms with E-state index in [0.29, 0.717) is 44.4 Å². The number of benzene rings is 2. The third-order valence-corrected chi connectivity index (χ3v) is 5.40. The normalized spacial score (nSPS) is 17.7. The van der Waals surface area contributed by atoms with Gasteiger partial charge in [-0.3, -0.25) is 9.59 Å². The first-order valence-corrected chi connectivity index (χ1v) is 10.2. The SMILES string of the molecule is Cc1ccc(OCCN(C)C(=O)[C@@H]2CC(=O)N(c3ccc4c(c3)OCCO4)C2)cc1. The molecule has 1 atom stereocenters. The fraction of sp³-hybridized carbons (Fsp3) is 0.391. The van der Waals surface area contributed by atoms with Gasteiger partial charge in [-0.15, -0.1) is 0 Å². The van der Waals surface area contributed by atoms with E-state index >= 15 is 0 Å². The number of likely N-dealkylation sites (N-methyl/N-ethyl adjacent to an activating group) is 1. The smallest absolute Gasteiger partial charge is 0.227 e. The van der Waals surface area contributed by atoms with Crippen molar-refractivity contribution in [2.75, 3.05) is 44.9 Å². The largest absolute Gasteiger partial charge is 0.492 e. The summed E-state index contributed by atoms with van der Waals surface area (Å²) in [4.78, 5) is 28.7. The number of hydrogen-bond donors (Lipinski definition) is 0. The predicted molar refractivity (Wildman–Crippen MR) is 112 cm³/mol. The molecule has 7 heteroatoms. The monoisotopic (exact) mass is 410 g/mol. The lowest BCUT2D eigenvalue weighted by atomic mass is 10.1. The van der Waals surface area contributed by atoms with E-state index in [9.17, 15) is 9.59 Å². The first kappa shape index (κ1) is 20.1. The maximum absolute atomic E-state index is 12.8. The molecule has 1 saturated heterocycles. The number of anilines is 1. The summed E-state index contributed by atoms with van der Waals surface area (Å²) >= 11 is 0. The number of hydrogen-bond acceptors (Lipinski definition) is 5. The minimum atomic E-state index is -0.366. The van der Waals surface area contributed by atoms with Crippen LogP contribution in [0, 0.1) is 12.8 Å². The van der Waals surface area contributed by atoms with E-state index in [1.165, 1.54) is 5.56 Å². The summed E-state index contributed by atoms with van der Waals surface area (Å²) in [6, 6.07) is 13.2. The van der Waals surface area contributed by atoms with Crippen LogP contribution in [0.4, 0.5) is 5.69 Å². The lowest BCUT2D eigenvalue weighted by molar-refractivity contribution is -0.134. The molecule has 0 aromatic heterocycles. The third-order valence-electron chi connectivity index (χ3n) is 5.40. The van der Waals surface area contributed by atoms with Gasteiger partial charge in [0.15, 0.2) is 11.5 Å². The zero-order chi connectivity index (χ0) is 21.1. The molecule has 2 aromatic rings. The van der Waals surface area contributed by atoms with Crippen LogP contribution in [0.3, 0.4) is 0 Å². The molecule has 1 fully saturated rings. The average molecular weight is 410 g/mol. The first-order valence-electron chi connectivity index (χ1n) is 10.2. The first-order chi connectivity index (χ1) is 14.5. The summed E-state index contributed by atoms with van der Waals surface area (Å²) < 4.78 is 16.9. The second kappa shape index (κ2) is 8.65. The number of carbonyl (C=O) groups is 2. The highest BCUT2D eigenvalue weighted by Gasteiger charge is 2.36. The Bertz CT molecular complexity index is 928. The zero-order valence-electron chi connectivity index (χ0n) is 17.3. The van der Waals surface area contributed by atoms with E-state index in [1.807, 2.05) is 37.3 Å². The van der Waals surface area contributed by atoms with Crippen molar-refractivity contribution in [1.82, 2.24) is 4.90 Å². The Balaban J connectivity index is 1.32. The second-order valence-corrected chi connectivity index (χ2v) is 7.65. The Morgan fingerprint density at radius 3 is 2.63 bits per heavy atom. The summed E-state index contributed by atoms with van der Waals surface area (Å²) in [5, 5.41) is 0. The van der Waals surface area contributed by atoms with Crippen molar-refractivity contribution in [3.05, 3.63) is 48.0 Å². The zero-order valence-corrected chi connectivity index (χ0v) is 17.3. The molecule has 0 bridgehead atoms. The Hall–Kier alpha value is -3.22. The number of amides is 2. The van der Waals surface area contributed by atoms with Gasteiger partial charge in [-0.2, -0.15) is 0 Å². The minimum absolute atomic E-state index is 0.0455. The van der Waals surface area contributed by atoms with Crippen molar-refractivity contribution in [1.29, 1.82) is 0 Å². The topological polar surface area (TPSA) is 68.3 Å². The number of carbonyl (C=O) groups excluding carboxylic acids is 2. The maximum Gasteiger partial charge on any atom is 0.227 e. The fourth-order valence-electron chi connectivity index (χ4n) is 3.68. The molecule has 0 unspecified atom stereocenters. The molecule has 158 valence electrons. The molecule has 2 heterocycles. The molecule has 0 N–H and O–H groups in total. The van der Waals surface area contributed by atoms with Crippen molar-refractivity contribution in [2.45, 2.75) is 13.3 Å². The molecule has 0 spiro atoms. The minimum Gasteiger partial charge on any atom is -0.492 e. The summed E-state index contributed by atoms with van der Waals surface area (Å²) in [6.07, 6.45) is 0.205. The Morgan fingerprint density at radius 1 is 1.13 bits per heavy atom. The van der Waals surface area contributed by atoms with Gasteiger partial charge < -0.3 is 24.0 Å². The third kappa shape index (κ3) is 4.35. The summed E-state index contributed by atoms with van der Waals surface area (Å²) in [5.74, 6) is 1.62. The van der Waals surface area contributed by atoms with Gasteiger partial charge in [0.2, 0.25) is 11.8 Å². The van der Waals surface area contributed by atoms with Crippen LogP contribution in [0.5, 0.6) is 17.2 Å². The van der Waals surface area contributed by atoms with Crippen LogP contribution in [-0.2, 0) is 9.59 Å². The van der Waals surface area contributed by atoms with Gasteiger partial charge in [-0.25, -0.2) is 0 Å². The van der Waals surface area contributed by atoms with E-state index < -0.39 is 0 Å². The quantitative estimate of drug-likeness (QED) is 0.732. The molecule has 2 aliphatic rings. The standard InChI is InChI=1S/C23H26N2O5/c1-16-3-6-19(7-4-16)28-10-9-24(2)23(27)17-13-22(26)25(15-17)18-5-8-20-21(14-18)30-12-11-29-20/h3-8,14,17H,9-13,15H2,1-2H3/t17-/m1/s1. The van der Waals surface area contributed by atoms with Gasteiger partial charge in [0.1, 0.15) is 25.6 Å². The van der Waals surface area contributed by atoms with Crippen LogP contribution >= 0.6 is 0 Å². The van der Waals surface area contributed by atoms with Gasteiger partial charge >= 0.3 is 0 Å². The highest BCUT2D eigenvalue weighted by atomic mass is 16.6. The molecular weight excluding hydrogens is 384 g/mol. The Kier molecular flexibility index (Phi) is 5.79. The van der Waals surface area contributed by atoms with Crippen molar-refractivity contribution in [3.8, 4) is 17.2 Å². The van der Waals surface area contributed by atoms with Crippen LogP contribution < -0.4 is 19.1 Å². The van der Waals surface area contributed by atoms with Gasteiger partial charge in [0.05, 0.1) is 12.5 Å². The lowest BCUT2D eigenvalue weighted by Crippen LogP contribution is -2.37. The summed E-state index contributed by atoms with van der Waals surface area (Å²) in [5.41, 5.74) is 1.90. The highest BCUT2D eigenvalue weighted by Crippen LogP contribution is 2.36. The Morgan fingerprint density at radius 2 is 1.87 bits per heavy atom. The molecule has 7 nitrogen and oxygen atoms in total. The molecule has 0 aliphatic carbocycles. The van der Waals surface area contributed by atoms with Crippen molar-refractivity contribution < 1.29 is 23.8 Å². The van der Waals surface area contributed by atoms with E-state index in [1.54, 1.807) is 29.0 Å². The van der Waals surface area contributed by atoms with Gasteiger partial charge in [0, 0.05) is 31.8 Å². The summed E-state index contributed by atoms with van der Waals surface area (Å²) in [7, 11) is 1.75. The van der Waals surface area contributed by atoms with Crippen LogP contribution in [-0.4, -0.2) is 56.7 Å². The number of aryl methyl sites for hydroxylation is 1. The molecule has 4 rings (SSSR count). The number of nitrogens with zero attached hydrogens (tertiary/aromatic N) is 2. The Labute approximate surface area is 176 Å². The van der Waals surface area contributed by atoms with Crippen molar-refractivity contribution in [2.24, 2.45) is 5.92 Å². The number of rotatable bonds is 6. The molecule has 0 radical (unpaired) electrons. The van der Waals surface area contributed by atoms with Gasteiger partial charge in [0.25, 0.3) is 0 Å². The molecular formula is C23H26N2O5. The van der Waals surface area contributed by atoms with E-state index in [0.717, 1.165) is 11.4 Å². The van der Waals surface area contributed by atoms with E-state index in [2.05, 4.69) is 0 Å². The molecule has 2 aliphatic heterocycles. The molecule has 2 amide bonds. The van der Waals surface area contributed by atoms with Crippen molar-refractivity contribution >= 4 is 17.5 Å². The van der Waals surface area contributed by atoms with Crippen LogP contribution in [0.2, 0.25) is 0 Å². The number of fused-ring (bicyclic) bond motifs is 1. The highest BCUT2D eigenvalue weighted by molar-refractivity contribution is 6.00. The van der Waals surface area contributed by atoms with E-state index in [4.69, 9.17) is 14.2 Å². The number of ether oxygens (including phenoxy) is 3. The molecule has 2 aromatic carbocycles. The molecule has 30 heavy (non-hydrogen) atoms. The van der Waals surface area contributed by atoms with Gasteiger partial charge in [-0.1, -0.05) is 17.7 Å². The van der Waals surface area contributed by atoms with E-state index in [-0.39, 0.29) is 24.2 Å². The van der Waals surface area contributed by atoms with Crippen LogP contribution in [0.15, 0.2) is 42.5 Å². The lowest BCUT2D eigenvalue weighted by Gasteiger charge is -2.23. The average Bonchev–Trinajstić information content (AvgIpc) is 3.15.